The summed E-state index contributed by atoms with van der Waals surface area (Å²) < 4.78 is 43.4. The highest BCUT2D eigenvalue weighted by atomic mass is 19.4. The van der Waals surface area contributed by atoms with Crippen LogP contribution in [0.2, 0.25) is 0 Å². The molecule has 0 saturated heterocycles. The van der Waals surface area contributed by atoms with Crippen LogP contribution in [0.4, 0.5) is 18.9 Å². The number of halogens is 3. The van der Waals surface area contributed by atoms with Crippen LogP contribution in [0, 0.1) is 0 Å². The molecule has 5 nitrogen and oxygen atoms in total. The minimum atomic E-state index is -4.44. The summed E-state index contributed by atoms with van der Waals surface area (Å²) in [4.78, 5) is 23.3. The second-order valence-electron chi connectivity index (χ2n) is 5.71. The molecule has 0 saturated carbocycles. The van der Waals surface area contributed by atoms with Crippen molar-refractivity contribution in [2.24, 2.45) is 0 Å². The number of rotatable bonds is 7. The monoisotopic (exact) mass is 392 g/mol. The summed E-state index contributed by atoms with van der Waals surface area (Å²) in [6, 6.07) is 11.0. The fourth-order valence-electron chi connectivity index (χ4n) is 2.21. The van der Waals surface area contributed by atoms with Gasteiger partial charge in [0, 0.05) is 18.3 Å². The molecule has 28 heavy (non-hydrogen) atoms. The number of ether oxygens (including phenoxy) is 1. The van der Waals surface area contributed by atoms with E-state index in [9.17, 15) is 22.8 Å². The maximum absolute atomic E-state index is 12.7. The fourth-order valence-corrected chi connectivity index (χ4v) is 2.21. The van der Waals surface area contributed by atoms with Crippen LogP contribution in [0.15, 0.2) is 54.6 Å². The highest BCUT2D eigenvalue weighted by molar-refractivity contribution is 6.01. The Morgan fingerprint density at radius 3 is 2.46 bits per heavy atom. The molecule has 2 rings (SSSR count). The first kappa shape index (κ1) is 21.0. The molecule has 0 aliphatic carbocycles. The van der Waals surface area contributed by atoms with Crippen LogP contribution in [0.1, 0.15) is 18.1 Å². The van der Waals surface area contributed by atoms with Gasteiger partial charge in [0.25, 0.3) is 5.91 Å². The van der Waals surface area contributed by atoms with E-state index in [0.29, 0.717) is 18.0 Å². The van der Waals surface area contributed by atoms with Gasteiger partial charge in [0.1, 0.15) is 5.75 Å². The summed E-state index contributed by atoms with van der Waals surface area (Å²) in [5.74, 6) is -0.267. The summed E-state index contributed by atoms with van der Waals surface area (Å²) in [7, 11) is 0. The fraction of sp³-hybridized carbons (Fsp3) is 0.200. The van der Waals surface area contributed by atoms with E-state index < -0.39 is 17.6 Å². The molecule has 2 amide bonds. The lowest BCUT2D eigenvalue weighted by Gasteiger charge is -2.08. The van der Waals surface area contributed by atoms with Crippen molar-refractivity contribution in [1.82, 2.24) is 5.32 Å². The number of amides is 2. The molecule has 2 aromatic carbocycles. The molecule has 0 aliphatic heterocycles. The van der Waals surface area contributed by atoms with E-state index in [1.807, 2.05) is 0 Å². The minimum Gasteiger partial charge on any atom is -0.484 e. The highest BCUT2D eigenvalue weighted by Gasteiger charge is 2.30. The standard InChI is InChI=1S/C20H19F3N2O3/c1-2-24-19(27)13-28-17-9-7-16(8-10-17)25-18(26)11-6-14-4-3-5-15(12-14)20(21,22)23/h3-12H,2,13H2,1H3,(H,24,27)(H,25,26)/b11-6+. The molecule has 0 radical (unpaired) electrons. The number of likely N-dealkylation sites (N-methyl/N-ethyl adjacent to an activating group) is 1. The predicted molar refractivity (Wildman–Crippen MR) is 99.7 cm³/mol. The van der Waals surface area contributed by atoms with E-state index in [1.54, 1.807) is 31.2 Å². The lowest BCUT2D eigenvalue weighted by atomic mass is 10.1. The number of carbonyl (C=O) groups is 2. The van der Waals surface area contributed by atoms with Gasteiger partial charge in [0.2, 0.25) is 5.91 Å². The Bertz CT molecular complexity index is 847. The first-order valence-corrected chi connectivity index (χ1v) is 8.44. The van der Waals surface area contributed by atoms with E-state index in [0.717, 1.165) is 18.2 Å². The van der Waals surface area contributed by atoms with Gasteiger partial charge in [-0.1, -0.05) is 12.1 Å². The van der Waals surface area contributed by atoms with Gasteiger partial charge in [-0.05, 0) is 55.0 Å². The molecule has 8 heteroatoms. The predicted octanol–water partition coefficient (Wildman–Crippen LogP) is 3.87. The van der Waals surface area contributed by atoms with E-state index in [2.05, 4.69) is 10.6 Å². The molecule has 0 spiro atoms. The van der Waals surface area contributed by atoms with Crippen LogP contribution in [0.3, 0.4) is 0 Å². The van der Waals surface area contributed by atoms with Gasteiger partial charge in [0.15, 0.2) is 6.61 Å². The van der Waals surface area contributed by atoms with Crippen LogP contribution >= 0.6 is 0 Å². The Morgan fingerprint density at radius 1 is 1.11 bits per heavy atom. The number of nitrogens with one attached hydrogen (secondary N) is 2. The quantitative estimate of drug-likeness (QED) is 0.703. The molecule has 0 aliphatic rings. The Balaban J connectivity index is 1.91. The number of hydrogen-bond acceptors (Lipinski definition) is 3. The zero-order chi connectivity index (χ0) is 20.6. The molecule has 0 atom stereocenters. The lowest BCUT2D eigenvalue weighted by molar-refractivity contribution is -0.137. The van der Waals surface area contributed by atoms with Gasteiger partial charge in [0.05, 0.1) is 5.56 Å². The van der Waals surface area contributed by atoms with Gasteiger partial charge in [-0.3, -0.25) is 9.59 Å². The van der Waals surface area contributed by atoms with Crippen LogP contribution in [-0.4, -0.2) is 25.0 Å². The molecule has 2 aromatic rings. The van der Waals surface area contributed by atoms with Crippen molar-refractivity contribution in [1.29, 1.82) is 0 Å². The first-order chi connectivity index (χ1) is 13.3. The van der Waals surface area contributed by atoms with Crippen LogP contribution in [0.5, 0.6) is 5.75 Å². The third-order valence-corrected chi connectivity index (χ3v) is 3.51. The molecule has 0 aromatic heterocycles. The van der Waals surface area contributed by atoms with Gasteiger partial charge < -0.3 is 15.4 Å². The summed E-state index contributed by atoms with van der Waals surface area (Å²) >= 11 is 0. The smallest absolute Gasteiger partial charge is 0.416 e. The summed E-state index contributed by atoms with van der Waals surface area (Å²) in [5, 5.41) is 5.19. The molecule has 2 N–H and O–H groups in total. The summed E-state index contributed by atoms with van der Waals surface area (Å²) in [6.45, 7) is 2.21. The van der Waals surface area contributed by atoms with E-state index in [1.165, 1.54) is 18.2 Å². The van der Waals surface area contributed by atoms with Crippen molar-refractivity contribution in [3.05, 3.63) is 65.7 Å². The molecule has 0 bridgehead atoms. The van der Waals surface area contributed by atoms with Gasteiger partial charge in [-0.25, -0.2) is 0 Å². The number of benzene rings is 2. The molecule has 148 valence electrons. The number of alkyl halides is 3. The van der Waals surface area contributed by atoms with Crippen LogP contribution in [-0.2, 0) is 15.8 Å². The maximum atomic E-state index is 12.7. The average Bonchev–Trinajstić information content (AvgIpc) is 2.66. The van der Waals surface area contributed by atoms with Crippen molar-refractivity contribution >= 4 is 23.6 Å². The highest BCUT2D eigenvalue weighted by Crippen LogP contribution is 2.29. The van der Waals surface area contributed by atoms with E-state index in [-0.39, 0.29) is 18.1 Å². The maximum Gasteiger partial charge on any atom is 0.416 e. The minimum absolute atomic E-state index is 0.112. The molecule has 0 heterocycles. The third-order valence-electron chi connectivity index (χ3n) is 3.51. The molecular weight excluding hydrogens is 373 g/mol. The second kappa shape index (κ2) is 9.59. The van der Waals surface area contributed by atoms with Crippen molar-refractivity contribution in [3.8, 4) is 5.75 Å². The van der Waals surface area contributed by atoms with Crippen molar-refractivity contribution in [2.45, 2.75) is 13.1 Å². The van der Waals surface area contributed by atoms with Crippen LogP contribution in [0.25, 0.3) is 6.08 Å². The largest absolute Gasteiger partial charge is 0.484 e. The Morgan fingerprint density at radius 2 is 1.82 bits per heavy atom. The zero-order valence-corrected chi connectivity index (χ0v) is 15.0. The van der Waals surface area contributed by atoms with Crippen molar-refractivity contribution in [2.75, 3.05) is 18.5 Å². The Hall–Kier alpha value is -3.29. The molecular formula is C20H19F3N2O3. The van der Waals surface area contributed by atoms with Crippen LogP contribution < -0.4 is 15.4 Å². The van der Waals surface area contributed by atoms with Crippen molar-refractivity contribution in [3.63, 3.8) is 0 Å². The Labute approximate surface area is 160 Å². The number of carbonyl (C=O) groups excluding carboxylic acids is 2. The summed E-state index contributed by atoms with van der Waals surface area (Å²) in [5.41, 5.74) is -0.0404. The third kappa shape index (κ3) is 6.79. The summed E-state index contributed by atoms with van der Waals surface area (Å²) in [6.07, 6.45) is -1.99. The topological polar surface area (TPSA) is 67.4 Å². The normalized spacial score (nSPS) is 11.3. The van der Waals surface area contributed by atoms with Gasteiger partial charge in [-0.15, -0.1) is 0 Å². The molecule has 0 fully saturated rings. The van der Waals surface area contributed by atoms with Gasteiger partial charge >= 0.3 is 6.18 Å². The number of anilines is 1. The zero-order valence-electron chi connectivity index (χ0n) is 15.0. The van der Waals surface area contributed by atoms with E-state index >= 15 is 0 Å². The average molecular weight is 392 g/mol. The SMILES string of the molecule is CCNC(=O)COc1ccc(NC(=O)/C=C/c2cccc(C(F)(F)F)c2)cc1. The first-order valence-electron chi connectivity index (χ1n) is 8.44. The van der Waals surface area contributed by atoms with E-state index in [4.69, 9.17) is 4.74 Å². The lowest BCUT2D eigenvalue weighted by Crippen LogP contribution is -2.28. The second-order valence-corrected chi connectivity index (χ2v) is 5.71. The van der Waals surface area contributed by atoms with Crippen molar-refractivity contribution < 1.29 is 27.5 Å². The number of hydrogen-bond donors (Lipinski definition) is 2. The molecule has 0 unspecified atom stereocenters. The van der Waals surface area contributed by atoms with Gasteiger partial charge in [-0.2, -0.15) is 13.2 Å². The Kier molecular flexibility index (Phi) is 7.20.